The van der Waals surface area contributed by atoms with Gasteiger partial charge in [-0.15, -0.1) is 0 Å². The van der Waals surface area contributed by atoms with Gasteiger partial charge >= 0.3 is 0 Å². The van der Waals surface area contributed by atoms with Gasteiger partial charge < -0.3 is 5.32 Å². The van der Waals surface area contributed by atoms with E-state index in [-0.39, 0.29) is 23.7 Å². The Morgan fingerprint density at radius 3 is 2.09 bits per heavy atom. The molecule has 118 valence electrons. The number of nitro groups is 1. The number of hydrogen-bond donors (Lipinski definition) is 1. The summed E-state index contributed by atoms with van der Waals surface area (Å²) in [6.45, 7) is 1.94. The van der Waals surface area contributed by atoms with Gasteiger partial charge in [-0.3, -0.25) is 19.7 Å². The van der Waals surface area contributed by atoms with Gasteiger partial charge in [0.1, 0.15) is 0 Å². The second-order valence-electron chi connectivity index (χ2n) is 5.04. The number of nitrogens with zero attached hydrogens (tertiary/aromatic N) is 1. The molecule has 0 amide bonds. The maximum atomic E-state index is 12.0. The predicted octanol–water partition coefficient (Wildman–Crippen LogP) is 3.48. The van der Waals surface area contributed by atoms with Crippen molar-refractivity contribution in [2.24, 2.45) is 0 Å². The number of nitrogens with one attached hydrogen (secondary N) is 1. The summed E-state index contributed by atoms with van der Waals surface area (Å²) in [4.78, 5) is 33.2. The maximum absolute atomic E-state index is 12.0. The molecule has 0 unspecified atom stereocenters. The van der Waals surface area contributed by atoms with Crippen molar-refractivity contribution >= 4 is 22.9 Å². The number of non-ortho nitro benzene ring substituents is 1. The Kier molecular flexibility index (Phi) is 5.19. The molecule has 0 saturated heterocycles. The molecule has 0 radical (unpaired) electrons. The number of carbonyl (C=O) groups excluding carboxylic acids is 2. The number of anilines is 1. The Morgan fingerprint density at radius 1 is 1.00 bits per heavy atom. The van der Waals surface area contributed by atoms with Crippen molar-refractivity contribution in [1.29, 1.82) is 0 Å². The zero-order chi connectivity index (χ0) is 16.8. The molecule has 2 rings (SSSR count). The van der Waals surface area contributed by atoms with Gasteiger partial charge in [-0.2, -0.15) is 0 Å². The van der Waals surface area contributed by atoms with Crippen LogP contribution in [0.25, 0.3) is 0 Å². The third-order valence-electron chi connectivity index (χ3n) is 3.37. The molecule has 0 aliphatic heterocycles. The van der Waals surface area contributed by atoms with Crippen molar-refractivity contribution in [2.75, 3.05) is 11.9 Å². The lowest BCUT2D eigenvalue weighted by molar-refractivity contribution is -0.384. The molecule has 6 nitrogen and oxygen atoms in total. The minimum Gasteiger partial charge on any atom is -0.385 e. The van der Waals surface area contributed by atoms with Crippen molar-refractivity contribution in [3.8, 4) is 0 Å². The molecule has 0 saturated carbocycles. The number of Topliss-reactive ketones (excluding diaryl/α,β-unsaturated/α-hetero) is 2. The first-order valence-corrected chi connectivity index (χ1v) is 7.10. The van der Waals surface area contributed by atoms with E-state index in [4.69, 9.17) is 0 Å². The second-order valence-corrected chi connectivity index (χ2v) is 5.04. The Balaban J connectivity index is 1.86. The fraction of sp³-hybridized carbons (Fsp3) is 0.176. The topological polar surface area (TPSA) is 89.3 Å². The van der Waals surface area contributed by atoms with Crippen LogP contribution in [0, 0.1) is 10.1 Å². The average Bonchev–Trinajstić information content (AvgIpc) is 2.55. The van der Waals surface area contributed by atoms with Crippen LogP contribution in [0.5, 0.6) is 0 Å². The van der Waals surface area contributed by atoms with Gasteiger partial charge in [0, 0.05) is 41.9 Å². The molecule has 0 bridgehead atoms. The van der Waals surface area contributed by atoms with Crippen LogP contribution in [0.3, 0.4) is 0 Å². The number of hydrogen-bond acceptors (Lipinski definition) is 5. The molecular formula is C17H16N2O4. The molecule has 23 heavy (non-hydrogen) atoms. The minimum absolute atomic E-state index is 0.00454. The SMILES string of the molecule is CC(=O)c1ccc(NCCC(=O)c2ccc([N+](=O)[O-])cc2)cc1. The van der Waals surface area contributed by atoms with E-state index in [1.165, 1.54) is 31.2 Å². The summed E-state index contributed by atoms with van der Waals surface area (Å²) < 4.78 is 0. The fourth-order valence-corrected chi connectivity index (χ4v) is 2.06. The first-order chi connectivity index (χ1) is 11.0. The van der Waals surface area contributed by atoms with Crippen molar-refractivity contribution in [2.45, 2.75) is 13.3 Å². The molecule has 0 aliphatic rings. The largest absolute Gasteiger partial charge is 0.385 e. The molecule has 0 fully saturated rings. The lowest BCUT2D eigenvalue weighted by atomic mass is 10.1. The third kappa shape index (κ3) is 4.47. The molecule has 6 heteroatoms. The van der Waals surface area contributed by atoms with Gasteiger partial charge in [0.2, 0.25) is 0 Å². The summed E-state index contributed by atoms with van der Waals surface area (Å²) in [6, 6.07) is 12.6. The Hall–Kier alpha value is -3.02. The molecule has 0 aliphatic carbocycles. The highest BCUT2D eigenvalue weighted by Gasteiger charge is 2.09. The van der Waals surface area contributed by atoms with E-state index in [0.717, 1.165) is 5.69 Å². The minimum atomic E-state index is -0.499. The zero-order valence-electron chi connectivity index (χ0n) is 12.6. The summed E-state index contributed by atoms with van der Waals surface area (Å²) in [6.07, 6.45) is 0.270. The van der Waals surface area contributed by atoms with E-state index in [1.54, 1.807) is 24.3 Å². The highest BCUT2D eigenvalue weighted by atomic mass is 16.6. The maximum Gasteiger partial charge on any atom is 0.269 e. The lowest BCUT2D eigenvalue weighted by Crippen LogP contribution is -2.09. The van der Waals surface area contributed by atoms with Gasteiger partial charge in [-0.1, -0.05) is 0 Å². The van der Waals surface area contributed by atoms with Crippen molar-refractivity contribution in [1.82, 2.24) is 0 Å². The van der Waals surface area contributed by atoms with Gasteiger partial charge in [-0.05, 0) is 43.3 Å². The normalized spacial score (nSPS) is 10.1. The van der Waals surface area contributed by atoms with Crippen LogP contribution in [0.4, 0.5) is 11.4 Å². The van der Waals surface area contributed by atoms with E-state index in [1.807, 2.05) is 0 Å². The monoisotopic (exact) mass is 312 g/mol. The smallest absolute Gasteiger partial charge is 0.269 e. The van der Waals surface area contributed by atoms with Crippen LogP contribution in [-0.2, 0) is 0 Å². The van der Waals surface area contributed by atoms with Crippen LogP contribution < -0.4 is 5.32 Å². The predicted molar refractivity (Wildman–Crippen MR) is 87.0 cm³/mol. The van der Waals surface area contributed by atoms with E-state index in [2.05, 4.69) is 5.32 Å². The van der Waals surface area contributed by atoms with Crippen LogP contribution in [0.1, 0.15) is 34.1 Å². The van der Waals surface area contributed by atoms with Crippen LogP contribution >= 0.6 is 0 Å². The fourth-order valence-electron chi connectivity index (χ4n) is 2.06. The lowest BCUT2D eigenvalue weighted by Gasteiger charge is -2.06. The van der Waals surface area contributed by atoms with Crippen molar-refractivity contribution in [3.63, 3.8) is 0 Å². The first kappa shape index (κ1) is 16.4. The van der Waals surface area contributed by atoms with E-state index in [9.17, 15) is 19.7 Å². The van der Waals surface area contributed by atoms with Gasteiger partial charge in [0.15, 0.2) is 11.6 Å². The molecule has 0 heterocycles. The summed E-state index contributed by atoms with van der Waals surface area (Å²) in [5.41, 5.74) is 1.87. The number of ketones is 2. The summed E-state index contributed by atoms with van der Waals surface area (Å²) in [7, 11) is 0. The molecule has 2 aromatic rings. The average molecular weight is 312 g/mol. The number of benzene rings is 2. The Bertz CT molecular complexity index is 721. The number of carbonyl (C=O) groups is 2. The van der Waals surface area contributed by atoms with E-state index >= 15 is 0 Å². The second kappa shape index (κ2) is 7.31. The van der Waals surface area contributed by atoms with Crippen molar-refractivity contribution < 1.29 is 14.5 Å². The van der Waals surface area contributed by atoms with Gasteiger partial charge in [0.05, 0.1) is 4.92 Å². The highest BCUT2D eigenvalue weighted by molar-refractivity contribution is 5.96. The Labute approximate surface area is 133 Å². The van der Waals surface area contributed by atoms with Crippen molar-refractivity contribution in [3.05, 3.63) is 69.8 Å². The summed E-state index contributed by atoms with van der Waals surface area (Å²) in [5.74, 6) is -0.0855. The Morgan fingerprint density at radius 2 is 1.57 bits per heavy atom. The van der Waals surface area contributed by atoms with Crippen LogP contribution in [-0.4, -0.2) is 23.0 Å². The molecule has 0 spiro atoms. The first-order valence-electron chi connectivity index (χ1n) is 7.10. The van der Waals surface area contributed by atoms with Gasteiger partial charge in [-0.25, -0.2) is 0 Å². The molecule has 2 aromatic carbocycles. The highest BCUT2D eigenvalue weighted by Crippen LogP contribution is 2.14. The number of nitro benzene ring substituents is 1. The molecule has 1 N–H and O–H groups in total. The number of rotatable bonds is 7. The molecular weight excluding hydrogens is 296 g/mol. The third-order valence-corrected chi connectivity index (χ3v) is 3.37. The van der Waals surface area contributed by atoms with E-state index in [0.29, 0.717) is 17.7 Å². The zero-order valence-corrected chi connectivity index (χ0v) is 12.6. The van der Waals surface area contributed by atoms with Crippen LogP contribution in [0.2, 0.25) is 0 Å². The van der Waals surface area contributed by atoms with E-state index < -0.39 is 4.92 Å². The van der Waals surface area contributed by atoms with Gasteiger partial charge in [0.25, 0.3) is 5.69 Å². The molecule has 0 atom stereocenters. The summed E-state index contributed by atoms with van der Waals surface area (Å²) >= 11 is 0. The summed E-state index contributed by atoms with van der Waals surface area (Å²) in [5, 5.41) is 13.7. The molecule has 0 aromatic heterocycles. The standard InChI is InChI=1S/C17H16N2O4/c1-12(20)13-2-6-15(7-3-13)18-11-10-17(21)14-4-8-16(9-5-14)19(22)23/h2-9,18H,10-11H2,1H3. The van der Waals surface area contributed by atoms with Crippen LogP contribution in [0.15, 0.2) is 48.5 Å². The quantitative estimate of drug-likeness (QED) is 0.480.